The third kappa shape index (κ3) is 50.6. The van der Waals surface area contributed by atoms with Crippen molar-refractivity contribution in [1.82, 2.24) is 0 Å². The monoisotopic (exact) mass is 958 g/mol. The minimum atomic E-state index is -4.62. The van der Waals surface area contributed by atoms with E-state index in [1.54, 1.807) is 0 Å². The van der Waals surface area contributed by atoms with Crippen LogP contribution >= 0.6 is 7.82 Å². The molecule has 0 radical (unpaired) electrons. The fraction of sp³-hybridized carbons (Fsp3) is 0.927. The van der Waals surface area contributed by atoms with Gasteiger partial charge in [-0.25, -0.2) is 4.57 Å². The van der Waals surface area contributed by atoms with Gasteiger partial charge in [-0.3, -0.25) is 18.6 Å². The highest BCUT2D eigenvalue weighted by atomic mass is 31.2. The molecule has 0 aromatic heterocycles. The second-order valence-electron chi connectivity index (χ2n) is 19.4. The molecule has 392 valence electrons. The molecule has 0 aromatic carbocycles. The van der Waals surface area contributed by atoms with Crippen LogP contribution in [0.4, 0.5) is 0 Å². The average Bonchev–Trinajstić information content (AvgIpc) is 3.30. The summed E-state index contributed by atoms with van der Waals surface area (Å²) in [5.41, 5.74) is 5.39. The van der Waals surface area contributed by atoms with Crippen molar-refractivity contribution in [2.45, 2.75) is 302 Å². The number of allylic oxidation sites excluding steroid dienone is 2. The molecule has 4 N–H and O–H groups in total. The molecule has 0 bridgehead atoms. The van der Waals surface area contributed by atoms with Crippen LogP contribution in [0.1, 0.15) is 290 Å². The molecule has 0 aliphatic heterocycles. The van der Waals surface area contributed by atoms with Gasteiger partial charge >= 0.3 is 19.8 Å². The van der Waals surface area contributed by atoms with Crippen molar-refractivity contribution in [2.75, 3.05) is 26.4 Å². The average molecular weight is 958 g/mol. The summed E-state index contributed by atoms with van der Waals surface area (Å²) in [6.07, 6.45) is 58.5. The third-order valence-corrected chi connectivity index (χ3v) is 13.7. The number of hydrogen-bond acceptors (Lipinski definition) is 8. The lowest BCUT2D eigenvalue weighted by Gasteiger charge is -2.20. The summed E-state index contributed by atoms with van der Waals surface area (Å²) in [6.45, 7) is 3.96. The zero-order valence-corrected chi connectivity index (χ0v) is 44.2. The molecular formula is C55H108NO9P. The van der Waals surface area contributed by atoms with Gasteiger partial charge in [0.15, 0.2) is 0 Å². The lowest BCUT2D eigenvalue weighted by molar-refractivity contribution is -0.154. The summed E-state index contributed by atoms with van der Waals surface area (Å²) >= 11 is 0. The van der Waals surface area contributed by atoms with E-state index in [4.69, 9.17) is 29.4 Å². The number of phosphoric ester groups is 1. The summed E-state index contributed by atoms with van der Waals surface area (Å²) in [4.78, 5) is 33.8. The Hall–Kier alpha value is -1.29. The Morgan fingerprint density at radius 3 is 1.15 bits per heavy atom. The van der Waals surface area contributed by atoms with E-state index in [2.05, 4.69) is 26.0 Å². The highest BCUT2D eigenvalue weighted by Crippen LogP contribution is 2.43. The number of unbranched alkanes of at least 4 members (excludes halogenated alkanes) is 39. The smallest absolute Gasteiger partial charge is 0.472 e. The first-order valence-corrected chi connectivity index (χ1v) is 29.7. The highest BCUT2D eigenvalue weighted by molar-refractivity contribution is 7.47. The van der Waals surface area contributed by atoms with Crippen LogP contribution in [-0.2, 0) is 32.7 Å². The fourth-order valence-corrected chi connectivity index (χ4v) is 9.20. The molecule has 0 amide bonds. The van der Waals surface area contributed by atoms with E-state index in [-0.39, 0.29) is 13.0 Å². The molecule has 0 heterocycles. The van der Waals surface area contributed by atoms with Crippen LogP contribution in [0.25, 0.3) is 0 Å². The third-order valence-electron chi connectivity index (χ3n) is 12.8. The summed E-state index contributed by atoms with van der Waals surface area (Å²) in [5.74, 6) is -1.76. The predicted molar refractivity (Wildman–Crippen MR) is 277 cm³/mol. The Morgan fingerprint density at radius 1 is 0.470 bits per heavy atom. The molecule has 0 saturated heterocycles. The number of aliphatic carboxylic acids is 1. The molecule has 11 heteroatoms. The molecule has 0 spiro atoms. The van der Waals surface area contributed by atoms with E-state index in [9.17, 15) is 19.0 Å². The van der Waals surface area contributed by atoms with E-state index in [1.807, 2.05) is 0 Å². The van der Waals surface area contributed by atoms with Gasteiger partial charge in [0.2, 0.25) is 0 Å². The number of carboxylic acid groups (broad SMARTS) is 1. The number of rotatable bonds is 55. The first kappa shape index (κ1) is 64.7. The van der Waals surface area contributed by atoms with E-state index >= 15 is 0 Å². The van der Waals surface area contributed by atoms with Crippen molar-refractivity contribution in [3.8, 4) is 0 Å². The molecule has 66 heavy (non-hydrogen) atoms. The molecule has 0 aliphatic carbocycles. The van der Waals surface area contributed by atoms with E-state index in [0.29, 0.717) is 13.0 Å². The minimum absolute atomic E-state index is 0.0231. The summed E-state index contributed by atoms with van der Waals surface area (Å²) in [5, 5.41) is 8.95. The zero-order valence-electron chi connectivity index (χ0n) is 43.3. The van der Waals surface area contributed by atoms with E-state index in [0.717, 1.165) is 38.5 Å². The number of hydrogen-bond donors (Lipinski definition) is 3. The SMILES string of the molecule is CCCCCCCCCC/C=C\CCCCCCCCCCCC(=O)OC(COCCCCCCCCCCCCCCCCCCCCCCCCC)COP(=O)(O)OCC(N)C(=O)O. The maximum Gasteiger partial charge on any atom is 0.472 e. The lowest BCUT2D eigenvalue weighted by Crippen LogP contribution is -2.34. The van der Waals surface area contributed by atoms with Gasteiger partial charge in [0, 0.05) is 13.0 Å². The Morgan fingerprint density at radius 2 is 0.788 bits per heavy atom. The van der Waals surface area contributed by atoms with Crippen LogP contribution in [0.15, 0.2) is 12.2 Å². The standard InChI is InChI=1S/C55H108NO9P/c1-3-5-7-9-11-13-15-17-19-21-23-25-26-28-30-32-34-36-38-40-42-44-46-48-62-49-52(50-63-66(60,61)64-51-53(56)55(58)59)65-54(57)47-45-43-41-39-37-35-33-31-29-27-24-22-20-18-16-14-12-10-8-6-4-2/h22,24,52-53H,3-21,23,25-51,56H2,1-2H3,(H,58,59)(H,60,61)/b24-22-. The van der Waals surface area contributed by atoms with Crippen molar-refractivity contribution in [3.05, 3.63) is 12.2 Å². The van der Waals surface area contributed by atoms with Crippen molar-refractivity contribution < 1.29 is 42.7 Å². The van der Waals surface area contributed by atoms with Gasteiger partial charge in [-0.2, -0.15) is 0 Å². The van der Waals surface area contributed by atoms with Crippen molar-refractivity contribution in [3.63, 3.8) is 0 Å². The normalized spacial score (nSPS) is 13.6. The van der Waals surface area contributed by atoms with Crippen LogP contribution in [0, 0.1) is 0 Å². The van der Waals surface area contributed by atoms with E-state index in [1.165, 1.54) is 225 Å². The zero-order chi connectivity index (χ0) is 48.3. The minimum Gasteiger partial charge on any atom is -0.480 e. The van der Waals surface area contributed by atoms with Crippen LogP contribution in [0.2, 0.25) is 0 Å². The number of esters is 1. The van der Waals surface area contributed by atoms with Crippen molar-refractivity contribution >= 4 is 19.8 Å². The number of carboxylic acids is 1. The quantitative estimate of drug-likeness (QED) is 0.0232. The Labute approximate surface area is 407 Å². The van der Waals surface area contributed by atoms with Gasteiger partial charge in [-0.05, 0) is 38.5 Å². The largest absolute Gasteiger partial charge is 0.480 e. The second kappa shape index (κ2) is 51.6. The predicted octanol–water partition coefficient (Wildman–Crippen LogP) is 16.8. The maximum absolute atomic E-state index is 12.7. The number of ether oxygens (including phenoxy) is 2. The molecule has 10 nitrogen and oxygen atoms in total. The van der Waals surface area contributed by atoms with Gasteiger partial charge in [0.1, 0.15) is 12.1 Å². The Balaban J connectivity index is 4.04. The maximum atomic E-state index is 12.7. The van der Waals surface area contributed by atoms with Crippen molar-refractivity contribution in [1.29, 1.82) is 0 Å². The fourth-order valence-electron chi connectivity index (χ4n) is 8.43. The number of carbonyl (C=O) groups excluding carboxylic acids is 1. The van der Waals surface area contributed by atoms with Gasteiger partial charge in [0.05, 0.1) is 19.8 Å². The topological polar surface area (TPSA) is 155 Å². The van der Waals surface area contributed by atoms with Gasteiger partial charge < -0.3 is 25.2 Å². The summed E-state index contributed by atoms with van der Waals surface area (Å²) < 4.78 is 33.6. The van der Waals surface area contributed by atoms with Crippen LogP contribution in [0.3, 0.4) is 0 Å². The van der Waals surface area contributed by atoms with E-state index < -0.39 is 45.1 Å². The van der Waals surface area contributed by atoms with Crippen LogP contribution in [-0.4, -0.2) is 60.5 Å². The number of nitrogens with two attached hydrogens (primary N) is 1. The van der Waals surface area contributed by atoms with Gasteiger partial charge in [0.25, 0.3) is 0 Å². The first-order chi connectivity index (χ1) is 32.2. The molecule has 0 saturated carbocycles. The van der Waals surface area contributed by atoms with Crippen molar-refractivity contribution in [2.24, 2.45) is 5.73 Å². The van der Waals surface area contributed by atoms with Gasteiger partial charge in [-0.1, -0.05) is 257 Å². The number of phosphoric acid groups is 1. The Kier molecular flexibility index (Phi) is 50.5. The summed E-state index contributed by atoms with van der Waals surface area (Å²) in [7, 11) is -4.62. The molecule has 0 fully saturated rings. The molecule has 3 atom stereocenters. The number of carbonyl (C=O) groups is 2. The van der Waals surface area contributed by atoms with Crippen LogP contribution < -0.4 is 5.73 Å². The lowest BCUT2D eigenvalue weighted by atomic mass is 10.0. The Bertz CT molecular complexity index is 1110. The summed E-state index contributed by atoms with van der Waals surface area (Å²) in [6, 6.07) is -1.47. The highest BCUT2D eigenvalue weighted by Gasteiger charge is 2.27. The molecule has 0 aliphatic rings. The molecule has 0 rings (SSSR count). The molecule has 0 aromatic rings. The second-order valence-corrected chi connectivity index (χ2v) is 20.9. The molecular weight excluding hydrogens is 850 g/mol. The first-order valence-electron chi connectivity index (χ1n) is 28.2. The van der Waals surface area contributed by atoms with Crippen LogP contribution in [0.5, 0.6) is 0 Å². The molecule has 3 unspecified atom stereocenters. The van der Waals surface area contributed by atoms with Gasteiger partial charge in [-0.15, -0.1) is 0 Å².